The second kappa shape index (κ2) is 12.5. The topological polar surface area (TPSA) is 87.2 Å². The molecule has 2 aliphatic rings. The van der Waals surface area contributed by atoms with Gasteiger partial charge in [-0.25, -0.2) is 0 Å². The molecule has 4 unspecified atom stereocenters. The van der Waals surface area contributed by atoms with Gasteiger partial charge in [-0.05, 0) is 91.8 Å². The molecule has 0 bridgehead atoms. The molecule has 0 radical (unpaired) electrons. The van der Waals surface area contributed by atoms with Gasteiger partial charge in [0.25, 0.3) is 0 Å². The Kier molecular flexibility index (Phi) is 8.68. The maximum absolute atomic E-state index is 13.4. The van der Waals surface area contributed by atoms with E-state index in [1.165, 1.54) is 6.42 Å². The van der Waals surface area contributed by atoms with E-state index in [0.717, 1.165) is 72.2 Å². The number of nitrogens with one attached hydrogen (secondary N) is 2. The SMILES string of the molecule is COc1ccc(C2CCC(C(NC(=O)C3CCCCC3)c3cccc(C#Cc4ccn[nH]4)c3)CC2O)cc1C. The zero-order valence-electron chi connectivity index (χ0n) is 23.0. The molecule has 2 fully saturated rings. The normalized spacial score (nSPS) is 22.4. The van der Waals surface area contributed by atoms with Crippen LogP contribution in [0, 0.1) is 30.6 Å². The number of rotatable bonds is 6. The first-order valence-corrected chi connectivity index (χ1v) is 14.3. The summed E-state index contributed by atoms with van der Waals surface area (Å²) in [4.78, 5) is 13.4. The molecule has 2 aromatic carbocycles. The Balaban J connectivity index is 1.37. The Hall–Kier alpha value is -3.56. The first-order valence-electron chi connectivity index (χ1n) is 14.3. The third-order valence-corrected chi connectivity index (χ3v) is 8.54. The van der Waals surface area contributed by atoms with Crippen LogP contribution in [0.4, 0.5) is 0 Å². The fraction of sp³-hybridized carbons (Fsp3) is 0.455. The summed E-state index contributed by atoms with van der Waals surface area (Å²) in [5.74, 6) is 7.64. The van der Waals surface area contributed by atoms with Crippen molar-refractivity contribution in [1.82, 2.24) is 15.5 Å². The highest BCUT2D eigenvalue weighted by Gasteiger charge is 2.36. The lowest BCUT2D eigenvalue weighted by Crippen LogP contribution is -2.41. The lowest BCUT2D eigenvalue weighted by molar-refractivity contribution is -0.127. The minimum Gasteiger partial charge on any atom is -0.496 e. The molecule has 204 valence electrons. The summed E-state index contributed by atoms with van der Waals surface area (Å²) in [5.41, 5.74) is 4.93. The quantitative estimate of drug-likeness (QED) is 0.355. The molecule has 1 amide bonds. The van der Waals surface area contributed by atoms with E-state index in [2.05, 4.69) is 51.6 Å². The number of aliphatic hydroxyl groups excluding tert-OH is 1. The van der Waals surface area contributed by atoms with Crippen LogP contribution in [0.2, 0.25) is 0 Å². The molecule has 6 heteroatoms. The van der Waals surface area contributed by atoms with Crippen molar-refractivity contribution < 1.29 is 14.6 Å². The maximum atomic E-state index is 13.4. The number of carbonyl (C=O) groups is 1. The Labute approximate surface area is 231 Å². The molecule has 2 aliphatic carbocycles. The van der Waals surface area contributed by atoms with E-state index in [4.69, 9.17) is 4.74 Å². The van der Waals surface area contributed by atoms with Crippen LogP contribution in [0.5, 0.6) is 5.75 Å². The number of hydrogen-bond acceptors (Lipinski definition) is 4. The van der Waals surface area contributed by atoms with E-state index >= 15 is 0 Å². The fourth-order valence-corrected chi connectivity index (χ4v) is 6.39. The van der Waals surface area contributed by atoms with Crippen molar-refractivity contribution in [3.05, 3.63) is 82.7 Å². The smallest absolute Gasteiger partial charge is 0.223 e. The number of carbonyl (C=O) groups excluding carboxylic acids is 1. The van der Waals surface area contributed by atoms with Gasteiger partial charge in [0.05, 0.1) is 19.3 Å². The highest BCUT2D eigenvalue weighted by Crippen LogP contribution is 2.42. The van der Waals surface area contributed by atoms with E-state index in [9.17, 15) is 9.90 Å². The number of hydrogen-bond donors (Lipinski definition) is 3. The highest BCUT2D eigenvalue weighted by atomic mass is 16.5. The summed E-state index contributed by atoms with van der Waals surface area (Å²) in [6.07, 6.45) is 9.00. The molecule has 4 atom stereocenters. The predicted octanol–water partition coefficient (Wildman–Crippen LogP) is 5.81. The highest BCUT2D eigenvalue weighted by molar-refractivity contribution is 5.79. The molecule has 5 rings (SSSR count). The van der Waals surface area contributed by atoms with Gasteiger partial charge in [0.15, 0.2) is 0 Å². The van der Waals surface area contributed by atoms with Crippen molar-refractivity contribution in [2.24, 2.45) is 11.8 Å². The zero-order valence-corrected chi connectivity index (χ0v) is 23.0. The number of amides is 1. The third kappa shape index (κ3) is 6.54. The average Bonchev–Trinajstić information content (AvgIpc) is 3.49. The molecule has 0 aliphatic heterocycles. The lowest BCUT2D eigenvalue weighted by Gasteiger charge is -2.38. The summed E-state index contributed by atoms with van der Waals surface area (Å²) in [6, 6.07) is 16.0. The minimum absolute atomic E-state index is 0.0761. The third-order valence-electron chi connectivity index (χ3n) is 8.54. The van der Waals surface area contributed by atoms with Crippen molar-refractivity contribution in [2.45, 2.75) is 76.4 Å². The molecular formula is C33H39N3O3. The van der Waals surface area contributed by atoms with Gasteiger partial charge in [0.1, 0.15) is 11.4 Å². The second-order valence-corrected chi connectivity index (χ2v) is 11.1. The molecule has 3 aromatic rings. The molecule has 0 spiro atoms. The van der Waals surface area contributed by atoms with Crippen LogP contribution in [0.15, 0.2) is 54.7 Å². The van der Waals surface area contributed by atoms with E-state index in [1.807, 2.05) is 31.2 Å². The largest absolute Gasteiger partial charge is 0.496 e. The van der Waals surface area contributed by atoms with Crippen LogP contribution in [0.3, 0.4) is 0 Å². The number of ether oxygens (including phenoxy) is 1. The number of aryl methyl sites for hydroxylation is 1. The summed E-state index contributed by atoms with van der Waals surface area (Å²) >= 11 is 0. The van der Waals surface area contributed by atoms with Crippen LogP contribution >= 0.6 is 0 Å². The van der Waals surface area contributed by atoms with E-state index < -0.39 is 6.10 Å². The number of H-pyrrole nitrogens is 1. The fourth-order valence-electron chi connectivity index (χ4n) is 6.39. The Morgan fingerprint density at radius 3 is 2.64 bits per heavy atom. The molecular weight excluding hydrogens is 486 g/mol. The van der Waals surface area contributed by atoms with Gasteiger partial charge in [-0.2, -0.15) is 5.10 Å². The molecule has 2 saturated carbocycles. The van der Waals surface area contributed by atoms with Gasteiger partial charge in [0, 0.05) is 23.6 Å². The number of methoxy groups -OCH3 is 1. The average molecular weight is 526 g/mol. The standard InChI is InChI=1S/C33H39N3O3/c1-22-19-25(13-16-31(22)39-2)29-15-12-27(21-30(29)37)32(35-33(38)24-8-4-3-5-9-24)26-10-6-7-23(20-26)11-14-28-17-18-34-36-28/h6-7,10,13,16-20,24,27,29-30,32,37H,3-5,8-9,12,15,21H2,1-2H3,(H,34,36)(H,35,38). The number of aliphatic hydroxyl groups is 1. The van der Waals surface area contributed by atoms with Crippen molar-refractivity contribution >= 4 is 5.91 Å². The van der Waals surface area contributed by atoms with Gasteiger partial charge in [-0.1, -0.05) is 49.4 Å². The maximum Gasteiger partial charge on any atom is 0.223 e. The van der Waals surface area contributed by atoms with Crippen molar-refractivity contribution in [3.8, 4) is 17.6 Å². The minimum atomic E-state index is -0.478. The molecule has 1 aromatic heterocycles. The first kappa shape index (κ1) is 27.0. The summed E-state index contributed by atoms with van der Waals surface area (Å²) < 4.78 is 5.43. The summed E-state index contributed by atoms with van der Waals surface area (Å²) in [5, 5.41) is 21.6. The molecule has 1 heterocycles. The van der Waals surface area contributed by atoms with Gasteiger partial charge in [-0.15, -0.1) is 0 Å². The number of aromatic nitrogens is 2. The van der Waals surface area contributed by atoms with Gasteiger partial charge >= 0.3 is 0 Å². The van der Waals surface area contributed by atoms with Gasteiger partial charge in [-0.3, -0.25) is 9.89 Å². The van der Waals surface area contributed by atoms with Crippen molar-refractivity contribution in [1.29, 1.82) is 0 Å². The molecule has 39 heavy (non-hydrogen) atoms. The summed E-state index contributed by atoms with van der Waals surface area (Å²) in [7, 11) is 1.68. The Morgan fingerprint density at radius 2 is 1.92 bits per heavy atom. The Morgan fingerprint density at radius 1 is 1.08 bits per heavy atom. The van der Waals surface area contributed by atoms with Gasteiger partial charge in [0.2, 0.25) is 5.91 Å². The van der Waals surface area contributed by atoms with Crippen LogP contribution in [-0.4, -0.2) is 34.4 Å². The first-order chi connectivity index (χ1) is 19.0. The zero-order chi connectivity index (χ0) is 27.2. The monoisotopic (exact) mass is 525 g/mol. The van der Waals surface area contributed by atoms with Crippen LogP contribution < -0.4 is 10.1 Å². The predicted molar refractivity (Wildman–Crippen MR) is 152 cm³/mol. The van der Waals surface area contributed by atoms with E-state index in [-0.39, 0.29) is 29.7 Å². The lowest BCUT2D eigenvalue weighted by atomic mass is 9.72. The van der Waals surface area contributed by atoms with Crippen LogP contribution in [-0.2, 0) is 4.79 Å². The van der Waals surface area contributed by atoms with Crippen molar-refractivity contribution in [2.75, 3.05) is 7.11 Å². The second-order valence-electron chi connectivity index (χ2n) is 11.1. The summed E-state index contributed by atoms with van der Waals surface area (Å²) in [6.45, 7) is 2.04. The molecule has 0 saturated heterocycles. The van der Waals surface area contributed by atoms with Crippen molar-refractivity contribution in [3.63, 3.8) is 0 Å². The molecule has 6 nitrogen and oxygen atoms in total. The van der Waals surface area contributed by atoms with Crippen LogP contribution in [0.25, 0.3) is 0 Å². The molecule has 3 N–H and O–H groups in total. The number of aromatic amines is 1. The number of benzene rings is 2. The van der Waals surface area contributed by atoms with E-state index in [1.54, 1.807) is 13.3 Å². The van der Waals surface area contributed by atoms with E-state index in [0.29, 0.717) is 6.42 Å². The Bertz CT molecular complexity index is 1320. The van der Waals surface area contributed by atoms with Crippen LogP contribution in [0.1, 0.15) is 91.3 Å². The number of nitrogens with zero attached hydrogens (tertiary/aromatic N) is 1. The van der Waals surface area contributed by atoms with Gasteiger partial charge < -0.3 is 15.2 Å².